The summed E-state index contributed by atoms with van der Waals surface area (Å²) in [5, 5.41) is 52.6. The van der Waals surface area contributed by atoms with Gasteiger partial charge in [-0.3, -0.25) is 9.59 Å². The first-order chi connectivity index (χ1) is 72.9. The molecule has 38 rings (SSSR count). The molecule has 7 atom stereocenters. The molecule has 0 N–H and O–H groups in total. The van der Waals surface area contributed by atoms with Crippen LogP contribution < -0.4 is 9.47 Å². The van der Waals surface area contributed by atoms with E-state index in [9.17, 15) is 9.59 Å². The number of rotatable bonds is 20. The maximum Gasteiger partial charge on any atom is 0.305 e. The van der Waals surface area contributed by atoms with Crippen molar-refractivity contribution in [1.29, 1.82) is 0 Å². The number of fused-ring (bicyclic) bond motifs is 2. The van der Waals surface area contributed by atoms with Crippen LogP contribution in [0.15, 0.2) is 176 Å². The highest BCUT2D eigenvalue weighted by molar-refractivity contribution is 8.33. The molecular formula is C139H113O6P3S. The topological polar surface area (TPSA) is 71.1 Å². The molecule has 1 heterocycles. The van der Waals surface area contributed by atoms with Gasteiger partial charge >= 0.3 is 11.9 Å². The molecule has 0 aliphatic heterocycles. The largest absolute Gasteiger partial charge is 0.496 e. The molecule has 726 valence electrons. The number of ether oxygens (including phenoxy) is 4. The molecule has 0 radical (unpaired) electrons. The van der Waals surface area contributed by atoms with E-state index in [1.807, 2.05) is 19.9 Å². The van der Waals surface area contributed by atoms with E-state index >= 15 is 0 Å². The van der Waals surface area contributed by atoms with Gasteiger partial charge in [0.25, 0.3) is 0 Å². The quantitative estimate of drug-likeness (QED) is 0.0249. The molecule has 10 heteroatoms. The third-order valence-corrected chi connectivity index (χ3v) is 41.4. The summed E-state index contributed by atoms with van der Waals surface area (Å²) < 4.78 is 22.0. The second-order valence-corrected chi connectivity index (χ2v) is 52.4. The lowest BCUT2D eigenvalue weighted by Gasteiger charge is -2.34. The molecule has 1 aromatic heterocycles. The van der Waals surface area contributed by atoms with Gasteiger partial charge in [-0.05, 0) is 474 Å². The molecule has 0 saturated heterocycles. The van der Waals surface area contributed by atoms with Crippen molar-refractivity contribution in [2.45, 2.75) is 171 Å². The molecule has 0 bridgehead atoms. The van der Waals surface area contributed by atoms with Gasteiger partial charge in [0.05, 0.1) is 27.9 Å². The summed E-state index contributed by atoms with van der Waals surface area (Å²) in [5.41, 5.74) is 36.4. The van der Waals surface area contributed by atoms with Crippen molar-refractivity contribution >= 4 is 250 Å². The number of allylic oxidation sites excluding steroid dienone is 8. The fourth-order valence-electron chi connectivity index (χ4n) is 36.7. The first-order valence-electron chi connectivity index (χ1n) is 54.0. The van der Waals surface area contributed by atoms with E-state index in [0.29, 0.717) is 24.7 Å². The smallest absolute Gasteiger partial charge is 0.305 e. The third-order valence-electron chi connectivity index (χ3n) is 40.5. The minimum Gasteiger partial charge on any atom is -0.496 e. The predicted octanol–water partition coefficient (Wildman–Crippen LogP) is 34.1. The van der Waals surface area contributed by atoms with Crippen LogP contribution in [0.1, 0.15) is 239 Å². The van der Waals surface area contributed by atoms with Crippen molar-refractivity contribution in [3.8, 4) is 59.4 Å². The number of terminal acetylenes is 1. The van der Waals surface area contributed by atoms with Crippen molar-refractivity contribution in [3.05, 3.63) is 319 Å². The Kier molecular flexibility index (Phi) is 16.5. The van der Waals surface area contributed by atoms with Crippen LogP contribution in [0, 0.1) is 102 Å². The van der Waals surface area contributed by atoms with Gasteiger partial charge in [-0.15, -0.1) is 35.6 Å². The maximum atomic E-state index is 13.2. The van der Waals surface area contributed by atoms with Crippen LogP contribution in [-0.2, 0) is 71.8 Å². The highest BCUT2D eigenvalue weighted by atomic mass is 32.4. The molecule has 16 aliphatic rings. The lowest BCUT2D eigenvalue weighted by atomic mass is 9.67. The number of thiophene rings is 1. The summed E-state index contributed by atoms with van der Waals surface area (Å²) in [5.74, 6) is 22.0. The van der Waals surface area contributed by atoms with Gasteiger partial charge in [-0.1, -0.05) is 212 Å². The van der Waals surface area contributed by atoms with Crippen molar-refractivity contribution in [3.63, 3.8) is 0 Å². The maximum absolute atomic E-state index is 13.2. The van der Waals surface area contributed by atoms with Crippen LogP contribution in [0.4, 0.5) is 0 Å². The number of benzene rings is 18. The summed E-state index contributed by atoms with van der Waals surface area (Å²) >= 11 is 1.74. The Morgan fingerprint density at radius 2 is 1.01 bits per heavy atom. The summed E-state index contributed by atoms with van der Waals surface area (Å²) in [6.07, 6.45) is 35.9. The van der Waals surface area contributed by atoms with E-state index < -0.39 is 0 Å². The Bertz CT molecular complexity index is 10600. The Morgan fingerprint density at radius 3 is 1.61 bits per heavy atom. The van der Waals surface area contributed by atoms with Gasteiger partial charge in [-0.25, -0.2) is 0 Å². The predicted molar refractivity (Wildman–Crippen MR) is 640 cm³/mol. The lowest BCUT2D eigenvalue weighted by molar-refractivity contribution is -0.141. The monoisotopic (exact) mass is 2000 g/mol. The van der Waals surface area contributed by atoms with Crippen molar-refractivity contribution in [2.75, 3.05) is 27.9 Å². The lowest BCUT2D eigenvalue weighted by Crippen LogP contribution is -2.27. The minimum atomic E-state index is -0.305. The Balaban J connectivity index is 0.000000108. The van der Waals surface area contributed by atoms with E-state index in [-0.39, 0.29) is 53.0 Å². The van der Waals surface area contributed by atoms with Crippen LogP contribution in [0.3, 0.4) is 0 Å². The number of aryl methyl sites for hydroxylation is 3. The zero-order valence-electron chi connectivity index (χ0n) is 84.9. The van der Waals surface area contributed by atoms with E-state index in [2.05, 4.69) is 276 Å². The third kappa shape index (κ3) is 9.17. The molecular weight excluding hydrogens is 1890 g/mol. The number of esters is 2. The standard InChI is InChI=1S/C60H28O2.C44H26O2.C21H34O2.C14H8S.H5P3.6H2/c1-62-32(61)8-5-13-58(25-6-3-2-4-7-25)59-54-28-11-9-26-30-18-23-16-20-14-22-15-21-17-24-19-31-27-10-12-29(28)55(59)41(27)51-39(31)45-36(24)34(21)43-37(22)42-33(20)35(23)44-38(30)50(40(26)54)56-52-48(44)46(42)47(43)49(45)53(52)57(51)60(56,58)59;1-46-28(45)8-5-12-43(27-6-3-2-4-7-27)42-13-11-22-16-25-17-23-14-20-9-10-21-15-24-18-26(19-42)34-33(24)36-30(21)29(20)35-31(23)32(25)38-39(37(35)36)41(34)44(42,43)40(22)38;1-7-9-19-15-20(22-6)18(5)14-21(19)23-13-12-17(4)11-8-10-16(2)3;1-4-5-6-7-8-9-10-14-11-12(2)15-13(14)3;1-3-2;;;;;;/h2-4,6-7,9-12,14-15,18-19,22,37H,5,8,13,16-17H2,1H3;2-4,6-7,9-11,13-16,19H,5,8,12,17-18H2,1H3;7,9,14-17H,8,10-13H2,1-6H3;1,11H,2-3H3;3H,1-2H2;6*1H/b;;9-7+;;;;;;;;. The average molecular weight is 2000 g/mol. The number of carbonyl (C=O) groups is 2. The van der Waals surface area contributed by atoms with Crippen LogP contribution in [-0.4, -0.2) is 39.9 Å². The molecule has 21 aromatic carbocycles. The SMILES string of the molecule is C#CC#CC#CC#Cc1cc(C)sc1C.C/C=C/c1cc(OC)c(C)cc1OCCC(C)CCCC(C)C.COC(=O)CCCC1(c2ccccc2)C23C=Cc4cc5c6c7c4C21c1c2c4c(cc8ccc9cc(c6c6c9c8c4c6c17)C5)CC2=C3.COC(=O)CCCC1(c2ccccc2)C23c4c5ccc6c7cc8c9c%10c%11c%12c%13c%14c%15c%16c(cc%17c%18ccc=5c2c%18c2c5c(c%18c(c(c46)c7c9c%12%18)C513)c%13c%16c%172)CC%15=CC(C=C%10C8)C%11%14.PPP.[HH].[HH].[HH].[HH].[HH].[HH]. The number of methoxy groups -OCH3 is 3. The van der Waals surface area contributed by atoms with Crippen LogP contribution in [0.25, 0.3) is 201 Å². The van der Waals surface area contributed by atoms with Crippen LogP contribution in [0.2, 0.25) is 0 Å². The van der Waals surface area contributed by atoms with E-state index in [4.69, 9.17) is 25.4 Å². The molecule has 2 saturated carbocycles. The summed E-state index contributed by atoms with van der Waals surface area (Å²) in [4.78, 5) is 28.3. The highest BCUT2D eigenvalue weighted by Gasteiger charge is 2.94. The molecule has 7 unspecified atom stereocenters. The van der Waals surface area contributed by atoms with Gasteiger partial charge in [0, 0.05) is 86.6 Å². The first-order valence-corrected chi connectivity index (χ1v) is 59.4. The van der Waals surface area contributed by atoms with Crippen LogP contribution >= 0.6 is 37.2 Å². The van der Waals surface area contributed by atoms with Gasteiger partial charge in [0.1, 0.15) is 11.5 Å². The Hall–Kier alpha value is -13.9. The van der Waals surface area contributed by atoms with Crippen molar-refractivity contribution < 1.29 is 37.1 Å². The summed E-state index contributed by atoms with van der Waals surface area (Å²) in [6.45, 7) is 15.9. The van der Waals surface area contributed by atoms with Gasteiger partial charge in [-0.2, -0.15) is 0 Å². The Morgan fingerprint density at radius 1 is 0.490 bits per heavy atom. The normalized spacial score (nSPS) is 22.3. The van der Waals surface area contributed by atoms with Crippen LogP contribution in [0.5, 0.6) is 11.5 Å². The van der Waals surface area contributed by atoms with Crippen molar-refractivity contribution in [1.82, 2.24) is 0 Å². The zero-order valence-corrected chi connectivity index (χ0v) is 89.0. The number of carbonyl (C=O) groups excluding carboxylic acids is 2. The van der Waals surface area contributed by atoms with Gasteiger partial charge in [0.15, 0.2) is 0 Å². The molecule has 2 fully saturated rings. The van der Waals surface area contributed by atoms with Crippen molar-refractivity contribution in [2.24, 2.45) is 23.2 Å². The molecule has 22 aromatic rings. The van der Waals surface area contributed by atoms with Gasteiger partial charge in [0.2, 0.25) is 0 Å². The second-order valence-electron chi connectivity index (χ2n) is 46.6. The molecule has 16 aliphatic carbocycles. The van der Waals surface area contributed by atoms with E-state index in [1.165, 1.54) is 129 Å². The fraction of sp³-hybridized carbons (Fsp3) is 0.252. The molecule has 0 amide bonds. The summed E-state index contributed by atoms with van der Waals surface area (Å²) in [6, 6.07) is 57.4. The van der Waals surface area contributed by atoms with E-state index in [1.54, 1.807) is 238 Å². The molecule has 3 spiro atoms. The second kappa shape index (κ2) is 28.6. The zero-order chi connectivity index (χ0) is 99.6. The first kappa shape index (κ1) is 85.9. The molecule has 6 nitrogen and oxygen atoms in total. The average Bonchev–Trinajstić information content (AvgIpc) is 1.37. The highest BCUT2D eigenvalue weighted by Crippen LogP contribution is 2.96. The number of hydrogen-bond donors (Lipinski definition) is 0. The summed E-state index contributed by atoms with van der Waals surface area (Å²) in [7, 11) is 10.8. The fourth-order valence-corrected chi connectivity index (χ4v) is 37.6. The minimum absolute atomic E-state index is 0. The van der Waals surface area contributed by atoms with Gasteiger partial charge < -0.3 is 18.9 Å². The molecule has 149 heavy (non-hydrogen) atoms. The number of hydrogen-bond acceptors (Lipinski definition) is 7. The Labute approximate surface area is 881 Å². The van der Waals surface area contributed by atoms with E-state index in [0.717, 1.165) is 112 Å².